The van der Waals surface area contributed by atoms with Crippen molar-refractivity contribution in [3.8, 4) is 0 Å². The molecular weight excluding hydrogens is 559 g/mol. The lowest BCUT2D eigenvalue weighted by atomic mass is 10.1. The van der Waals surface area contributed by atoms with E-state index in [4.69, 9.17) is 10.2 Å². The number of halogens is 1. The van der Waals surface area contributed by atoms with Gasteiger partial charge in [0.25, 0.3) is 15.4 Å². The van der Waals surface area contributed by atoms with Gasteiger partial charge in [-0.05, 0) is 64.2 Å². The molecule has 4 nitrogen and oxygen atoms in total. The first-order valence-corrected chi connectivity index (χ1v) is 19.2. The lowest BCUT2D eigenvalue weighted by molar-refractivity contribution is -0.138. The van der Waals surface area contributed by atoms with E-state index in [0.717, 1.165) is 25.7 Å². The van der Waals surface area contributed by atoms with E-state index in [-0.39, 0.29) is 0 Å². The van der Waals surface area contributed by atoms with E-state index in [9.17, 15) is 9.59 Å². The molecule has 0 saturated heterocycles. The number of carboxylic acid groups (broad SMARTS) is 2. The van der Waals surface area contributed by atoms with Crippen LogP contribution in [-0.2, 0) is 9.59 Å². The highest BCUT2D eigenvalue weighted by Gasteiger charge is 1.97. The average molecular weight is 627 g/mol. The molecule has 0 aromatic rings. The Kier molecular flexibility index (Phi) is 48.6. The fourth-order valence-electron chi connectivity index (χ4n) is 4.69. The van der Waals surface area contributed by atoms with Gasteiger partial charge in [0.2, 0.25) is 0 Å². The SMILES string of the molecule is CCCCCCCC/C=C/CCCCCCCC(=O)O.CCCCCCCC/C=C/CCCCCCCC(=O)O.[Al][Cl]. The van der Waals surface area contributed by atoms with Gasteiger partial charge in [0, 0.05) is 12.8 Å². The molecule has 0 rings (SSSR count). The molecule has 0 amide bonds. The van der Waals surface area contributed by atoms with Crippen LogP contribution in [0.1, 0.15) is 194 Å². The Morgan fingerprint density at radius 2 is 0.643 bits per heavy atom. The van der Waals surface area contributed by atoms with Crippen molar-refractivity contribution >= 4 is 37.4 Å². The van der Waals surface area contributed by atoms with Crippen LogP contribution in [0.15, 0.2) is 24.3 Å². The van der Waals surface area contributed by atoms with Crippen LogP contribution in [0.5, 0.6) is 0 Å². The highest BCUT2D eigenvalue weighted by Crippen LogP contribution is 2.11. The summed E-state index contributed by atoms with van der Waals surface area (Å²) in [5, 5.41) is 17.0. The van der Waals surface area contributed by atoms with E-state index in [0.29, 0.717) is 12.8 Å². The van der Waals surface area contributed by atoms with Gasteiger partial charge in [-0.3, -0.25) is 19.6 Å². The number of allylic oxidation sites excluding steroid dienone is 4. The molecule has 246 valence electrons. The Morgan fingerprint density at radius 1 is 0.429 bits per heavy atom. The van der Waals surface area contributed by atoms with Gasteiger partial charge >= 0.3 is 11.9 Å². The molecule has 0 aliphatic heterocycles. The first kappa shape index (κ1) is 45.7. The summed E-state index contributed by atoms with van der Waals surface area (Å²) >= 11 is 1.89. The van der Waals surface area contributed by atoms with Crippen molar-refractivity contribution in [2.45, 2.75) is 194 Å². The highest BCUT2D eigenvalue weighted by atomic mass is 35.6. The lowest BCUT2D eigenvalue weighted by Crippen LogP contribution is -1.93. The van der Waals surface area contributed by atoms with Gasteiger partial charge in [0.15, 0.2) is 0 Å². The minimum Gasteiger partial charge on any atom is -0.481 e. The van der Waals surface area contributed by atoms with E-state index in [2.05, 4.69) is 48.2 Å². The molecule has 0 aliphatic rings. The molecule has 2 N–H and O–H groups in total. The van der Waals surface area contributed by atoms with Gasteiger partial charge in [0.1, 0.15) is 0 Å². The van der Waals surface area contributed by atoms with Crippen molar-refractivity contribution in [1.82, 2.24) is 0 Å². The van der Waals surface area contributed by atoms with E-state index in [1.807, 2.05) is 15.4 Å². The standard InChI is InChI=1S/2C18H34O2.Al.ClH/c2*1-2-3-4-5-6-7-8-9-10-11-12-13-14-15-16-17-18(19)20;;/h2*9-10H,2-8,11-17H2,1H3,(H,19,20);;1H/q;;+1;/p-1/b2*10-9+;;. The van der Waals surface area contributed by atoms with Crippen LogP contribution in [0.4, 0.5) is 0 Å². The Balaban J connectivity index is -0.000000683. The van der Waals surface area contributed by atoms with Crippen LogP contribution >= 0.6 is 10.0 Å². The van der Waals surface area contributed by atoms with Crippen LogP contribution in [0.25, 0.3) is 0 Å². The van der Waals surface area contributed by atoms with Crippen molar-refractivity contribution in [3.05, 3.63) is 24.3 Å². The van der Waals surface area contributed by atoms with Crippen molar-refractivity contribution in [1.29, 1.82) is 0 Å². The fourth-order valence-corrected chi connectivity index (χ4v) is 4.69. The molecule has 0 unspecified atom stereocenters. The molecule has 0 atom stereocenters. The zero-order chi connectivity index (χ0) is 31.8. The second-order valence-electron chi connectivity index (χ2n) is 11.5. The smallest absolute Gasteiger partial charge is 0.303 e. The third-order valence-corrected chi connectivity index (χ3v) is 7.30. The van der Waals surface area contributed by atoms with E-state index < -0.39 is 11.9 Å². The van der Waals surface area contributed by atoms with Crippen molar-refractivity contribution < 1.29 is 19.8 Å². The molecule has 0 aromatic heterocycles. The number of carbonyl (C=O) groups is 2. The van der Waals surface area contributed by atoms with Crippen LogP contribution in [-0.4, -0.2) is 37.5 Å². The predicted molar refractivity (Wildman–Crippen MR) is 186 cm³/mol. The molecule has 2 radical (unpaired) electrons. The summed E-state index contributed by atoms with van der Waals surface area (Å²) in [7, 11) is 4.56. The summed E-state index contributed by atoms with van der Waals surface area (Å²) in [5.74, 6) is -1.33. The first-order valence-electron chi connectivity index (χ1n) is 17.5. The van der Waals surface area contributed by atoms with E-state index in [1.54, 1.807) is 0 Å². The number of aliphatic carboxylic acids is 2. The molecule has 0 spiro atoms. The quantitative estimate of drug-likeness (QED) is 0.0472. The molecule has 0 bridgehead atoms. The number of unbranched alkanes of at least 4 members (excludes halogenated alkanes) is 22. The summed E-state index contributed by atoms with van der Waals surface area (Å²) in [4.78, 5) is 20.6. The largest absolute Gasteiger partial charge is 0.481 e. The summed E-state index contributed by atoms with van der Waals surface area (Å²) in [6.07, 6.45) is 42.5. The zero-order valence-corrected chi connectivity index (χ0v) is 29.7. The molecule has 0 aliphatic carbocycles. The van der Waals surface area contributed by atoms with Gasteiger partial charge in [0.05, 0.1) is 0 Å². The van der Waals surface area contributed by atoms with Gasteiger partial charge in [-0.15, -0.1) is 0 Å². The predicted octanol–water partition coefficient (Wildman–Crippen LogP) is 12.5. The lowest BCUT2D eigenvalue weighted by Gasteiger charge is -1.99. The Labute approximate surface area is 274 Å². The van der Waals surface area contributed by atoms with Crippen molar-refractivity contribution in [3.63, 3.8) is 0 Å². The fraction of sp³-hybridized carbons (Fsp3) is 0.833. The van der Waals surface area contributed by atoms with Gasteiger partial charge < -0.3 is 10.2 Å². The number of hydrogen-bond acceptors (Lipinski definition) is 2. The minimum atomic E-state index is -0.664. The second kappa shape index (κ2) is 44.7. The van der Waals surface area contributed by atoms with Gasteiger partial charge in [-0.25, -0.2) is 0 Å². The first-order chi connectivity index (χ1) is 20.5. The molecule has 6 heteroatoms. The summed E-state index contributed by atoms with van der Waals surface area (Å²) in [5.41, 5.74) is 0. The maximum absolute atomic E-state index is 10.3. The molecule has 0 heterocycles. The monoisotopic (exact) mass is 626 g/mol. The van der Waals surface area contributed by atoms with Crippen LogP contribution in [0.3, 0.4) is 0 Å². The van der Waals surface area contributed by atoms with Gasteiger partial charge in [-0.1, -0.05) is 141 Å². The molecular formula is C36H68AlClO4. The Hall–Kier alpha value is -0.758. The molecule has 42 heavy (non-hydrogen) atoms. The highest BCUT2D eigenvalue weighted by molar-refractivity contribution is 6.80. The van der Waals surface area contributed by atoms with Crippen LogP contribution < -0.4 is 0 Å². The summed E-state index contributed by atoms with van der Waals surface area (Å²) < 4.78 is 0. The van der Waals surface area contributed by atoms with E-state index in [1.165, 1.54) is 141 Å². The second-order valence-corrected chi connectivity index (χ2v) is 11.5. The third kappa shape index (κ3) is 51.9. The van der Waals surface area contributed by atoms with Crippen molar-refractivity contribution in [2.75, 3.05) is 0 Å². The maximum atomic E-state index is 10.3. The van der Waals surface area contributed by atoms with Crippen molar-refractivity contribution in [2.24, 2.45) is 0 Å². The number of hydrogen-bond donors (Lipinski definition) is 2. The molecule has 0 aromatic carbocycles. The third-order valence-electron chi connectivity index (χ3n) is 7.30. The van der Waals surface area contributed by atoms with Gasteiger partial charge in [-0.2, -0.15) is 0 Å². The zero-order valence-electron chi connectivity index (χ0n) is 27.8. The summed E-state index contributed by atoms with van der Waals surface area (Å²) in [6, 6.07) is 0. The normalized spacial score (nSPS) is 10.8. The Bertz CT molecular complexity index is 531. The minimum absolute atomic E-state index is 0.332. The summed E-state index contributed by atoms with van der Waals surface area (Å²) in [6.45, 7) is 4.52. The van der Waals surface area contributed by atoms with Crippen LogP contribution in [0, 0.1) is 0 Å². The number of carboxylic acids is 2. The Morgan fingerprint density at radius 3 is 0.881 bits per heavy atom. The van der Waals surface area contributed by atoms with E-state index >= 15 is 0 Å². The van der Waals surface area contributed by atoms with Crippen LogP contribution in [0.2, 0.25) is 0 Å². The molecule has 0 saturated carbocycles. The topological polar surface area (TPSA) is 74.6 Å². The number of rotatable bonds is 30. The molecule has 0 fully saturated rings. The average Bonchev–Trinajstić information content (AvgIpc) is 2.98. The maximum Gasteiger partial charge on any atom is 0.303 e.